The molecule has 0 atom stereocenters. The number of aromatic nitrogens is 1. The number of aryl methyl sites for hydroxylation is 1. The number of aliphatic hydroxyl groups excluding tert-OH is 1. The maximum absolute atomic E-state index is 12.9. The Kier molecular flexibility index (Phi) is 3.16. The third-order valence-corrected chi connectivity index (χ3v) is 3.35. The number of hydrogen-bond donors (Lipinski definition) is 1. The number of fused-ring (bicyclic) bond motifs is 1. The molecule has 1 N–H and O–H groups in total. The summed E-state index contributed by atoms with van der Waals surface area (Å²) in [6.07, 6.45) is 0. The third kappa shape index (κ3) is 2.14. The van der Waals surface area contributed by atoms with E-state index < -0.39 is 0 Å². The van der Waals surface area contributed by atoms with Gasteiger partial charge in [0.25, 0.3) is 0 Å². The molecule has 2 aromatic carbocycles. The molecule has 3 rings (SSSR count). The molecule has 1 aromatic heterocycles. The van der Waals surface area contributed by atoms with Crippen LogP contribution in [0.5, 0.6) is 11.5 Å². The first kappa shape index (κ1) is 12.7. The van der Waals surface area contributed by atoms with E-state index in [4.69, 9.17) is 4.74 Å². The summed E-state index contributed by atoms with van der Waals surface area (Å²) in [5, 5.41) is 10.2. The first-order chi connectivity index (χ1) is 9.69. The van der Waals surface area contributed by atoms with Crippen LogP contribution in [0.25, 0.3) is 10.9 Å². The van der Waals surface area contributed by atoms with E-state index in [-0.39, 0.29) is 12.4 Å². The third-order valence-electron chi connectivity index (χ3n) is 3.35. The summed E-state index contributed by atoms with van der Waals surface area (Å²) >= 11 is 0. The molecule has 0 unspecified atom stereocenters. The molecule has 0 aliphatic heterocycles. The van der Waals surface area contributed by atoms with Crippen LogP contribution in [0.15, 0.2) is 48.5 Å². The molecule has 0 radical (unpaired) electrons. The minimum absolute atomic E-state index is 0.0266. The highest BCUT2D eigenvalue weighted by atomic mass is 19.1. The lowest BCUT2D eigenvalue weighted by atomic mass is 10.2. The van der Waals surface area contributed by atoms with Crippen LogP contribution in [-0.2, 0) is 13.7 Å². The molecule has 0 amide bonds. The van der Waals surface area contributed by atoms with Gasteiger partial charge in [0.1, 0.15) is 17.3 Å². The highest BCUT2D eigenvalue weighted by Gasteiger charge is 2.10. The Morgan fingerprint density at radius 1 is 1.15 bits per heavy atom. The normalized spacial score (nSPS) is 10.9. The van der Waals surface area contributed by atoms with Gasteiger partial charge < -0.3 is 14.4 Å². The average Bonchev–Trinajstić information content (AvgIpc) is 2.79. The zero-order chi connectivity index (χ0) is 14.1. The summed E-state index contributed by atoms with van der Waals surface area (Å²) in [5.74, 6) is 0.968. The lowest BCUT2D eigenvalue weighted by molar-refractivity contribution is 0.273. The van der Waals surface area contributed by atoms with Crippen LogP contribution < -0.4 is 4.74 Å². The van der Waals surface area contributed by atoms with Gasteiger partial charge in [-0.05, 0) is 42.5 Å². The highest BCUT2D eigenvalue weighted by molar-refractivity contribution is 5.87. The van der Waals surface area contributed by atoms with Crippen molar-refractivity contribution in [1.82, 2.24) is 4.57 Å². The Labute approximate surface area is 115 Å². The predicted octanol–water partition coefficient (Wildman–Crippen LogP) is 3.60. The fourth-order valence-corrected chi connectivity index (χ4v) is 2.26. The largest absolute Gasteiger partial charge is 0.457 e. The predicted molar refractivity (Wildman–Crippen MR) is 75.3 cm³/mol. The first-order valence-electron chi connectivity index (χ1n) is 6.30. The number of benzene rings is 2. The van der Waals surface area contributed by atoms with Gasteiger partial charge in [0.15, 0.2) is 0 Å². The average molecular weight is 271 g/mol. The monoisotopic (exact) mass is 271 g/mol. The molecule has 0 saturated heterocycles. The van der Waals surface area contributed by atoms with Gasteiger partial charge in [-0.25, -0.2) is 4.39 Å². The number of aliphatic hydroxyl groups is 1. The van der Waals surface area contributed by atoms with Crippen LogP contribution in [0, 0.1) is 5.82 Å². The van der Waals surface area contributed by atoms with Gasteiger partial charge in [-0.1, -0.05) is 6.07 Å². The van der Waals surface area contributed by atoms with Crippen molar-refractivity contribution in [3.63, 3.8) is 0 Å². The van der Waals surface area contributed by atoms with Crippen LogP contribution in [-0.4, -0.2) is 9.67 Å². The van der Waals surface area contributed by atoms with E-state index in [9.17, 15) is 9.50 Å². The lowest BCUT2D eigenvalue weighted by Gasteiger charge is -2.07. The van der Waals surface area contributed by atoms with Crippen molar-refractivity contribution in [3.05, 3.63) is 60.0 Å². The lowest BCUT2D eigenvalue weighted by Crippen LogP contribution is -1.94. The molecule has 102 valence electrons. The van der Waals surface area contributed by atoms with Crippen molar-refractivity contribution in [2.45, 2.75) is 6.61 Å². The minimum atomic E-state index is -0.294. The fraction of sp³-hybridized carbons (Fsp3) is 0.125. The number of nitrogens with zero attached hydrogens (tertiary/aromatic N) is 1. The minimum Gasteiger partial charge on any atom is -0.457 e. The van der Waals surface area contributed by atoms with Crippen molar-refractivity contribution >= 4 is 10.9 Å². The summed E-state index contributed by atoms with van der Waals surface area (Å²) in [5.41, 5.74) is 1.80. The summed E-state index contributed by atoms with van der Waals surface area (Å²) < 4.78 is 20.6. The Bertz CT molecular complexity index is 747. The van der Waals surface area contributed by atoms with E-state index >= 15 is 0 Å². The molecule has 0 aliphatic rings. The molecule has 0 saturated carbocycles. The summed E-state index contributed by atoms with van der Waals surface area (Å²) in [6, 6.07) is 13.5. The molecular formula is C16H14FNO2. The standard InChI is InChI=1S/C16H14FNO2/c1-18-12(10-19)9-14-15(18)3-2-4-16(14)20-13-7-5-11(17)6-8-13/h2-9,19H,10H2,1H3. The molecule has 3 nitrogen and oxygen atoms in total. The quantitative estimate of drug-likeness (QED) is 0.789. The topological polar surface area (TPSA) is 34.4 Å². The summed E-state index contributed by atoms with van der Waals surface area (Å²) in [4.78, 5) is 0. The van der Waals surface area contributed by atoms with Gasteiger partial charge in [-0.15, -0.1) is 0 Å². The maximum atomic E-state index is 12.9. The van der Waals surface area contributed by atoms with Gasteiger partial charge in [-0.3, -0.25) is 0 Å². The molecule has 0 aliphatic carbocycles. The van der Waals surface area contributed by atoms with E-state index in [1.54, 1.807) is 12.1 Å². The second-order valence-electron chi connectivity index (χ2n) is 4.60. The van der Waals surface area contributed by atoms with E-state index in [0.29, 0.717) is 11.5 Å². The van der Waals surface area contributed by atoms with E-state index in [1.807, 2.05) is 35.9 Å². The van der Waals surface area contributed by atoms with E-state index in [2.05, 4.69) is 0 Å². The van der Waals surface area contributed by atoms with Crippen LogP contribution in [0.1, 0.15) is 5.69 Å². The summed E-state index contributed by atoms with van der Waals surface area (Å²) in [6.45, 7) is -0.0266. The Morgan fingerprint density at radius 2 is 1.90 bits per heavy atom. The van der Waals surface area contributed by atoms with Gasteiger partial charge in [0.2, 0.25) is 0 Å². The summed E-state index contributed by atoms with van der Waals surface area (Å²) in [7, 11) is 1.90. The molecular weight excluding hydrogens is 257 g/mol. The maximum Gasteiger partial charge on any atom is 0.136 e. The van der Waals surface area contributed by atoms with Crippen molar-refractivity contribution in [1.29, 1.82) is 0 Å². The zero-order valence-electron chi connectivity index (χ0n) is 11.0. The van der Waals surface area contributed by atoms with Gasteiger partial charge in [-0.2, -0.15) is 0 Å². The fourth-order valence-electron chi connectivity index (χ4n) is 2.26. The number of hydrogen-bond acceptors (Lipinski definition) is 2. The molecule has 4 heteroatoms. The second kappa shape index (κ2) is 4.98. The van der Waals surface area contributed by atoms with Gasteiger partial charge in [0.05, 0.1) is 12.1 Å². The van der Waals surface area contributed by atoms with E-state index in [0.717, 1.165) is 16.6 Å². The SMILES string of the molecule is Cn1c(CO)cc2c(Oc3ccc(F)cc3)cccc21. The molecule has 0 fully saturated rings. The second-order valence-corrected chi connectivity index (χ2v) is 4.60. The number of rotatable bonds is 3. The highest BCUT2D eigenvalue weighted by Crippen LogP contribution is 2.31. The Morgan fingerprint density at radius 3 is 2.60 bits per heavy atom. The van der Waals surface area contributed by atoms with Crippen molar-refractivity contribution in [3.8, 4) is 11.5 Å². The van der Waals surface area contributed by atoms with Gasteiger partial charge in [0, 0.05) is 18.1 Å². The van der Waals surface area contributed by atoms with Crippen LogP contribution in [0.3, 0.4) is 0 Å². The van der Waals surface area contributed by atoms with E-state index in [1.165, 1.54) is 12.1 Å². The zero-order valence-corrected chi connectivity index (χ0v) is 11.0. The van der Waals surface area contributed by atoms with Crippen LogP contribution in [0.2, 0.25) is 0 Å². The van der Waals surface area contributed by atoms with Gasteiger partial charge >= 0.3 is 0 Å². The van der Waals surface area contributed by atoms with Crippen LogP contribution in [0.4, 0.5) is 4.39 Å². The van der Waals surface area contributed by atoms with Crippen molar-refractivity contribution in [2.75, 3.05) is 0 Å². The van der Waals surface area contributed by atoms with Crippen molar-refractivity contribution < 1.29 is 14.2 Å². The Hall–Kier alpha value is -2.33. The molecule has 3 aromatic rings. The van der Waals surface area contributed by atoms with Crippen LogP contribution >= 0.6 is 0 Å². The molecule has 20 heavy (non-hydrogen) atoms. The smallest absolute Gasteiger partial charge is 0.136 e. The molecule has 0 bridgehead atoms. The Balaban J connectivity index is 2.05. The molecule has 1 heterocycles. The number of halogens is 1. The van der Waals surface area contributed by atoms with Crippen molar-refractivity contribution in [2.24, 2.45) is 7.05 Å². The first-order valence-corrected chi connectivity index (χ1v) is 6.30. The molecule has 0 spiro atoms. The number of ether oxygens (including phenoxy) is 1.